The van der Waals surface area contributed by atoms with Crippen LogP contribution in [0.2, 0.25) is 0 Å². The molecule has 0 spiro atoms. The maximum atomic E-state index is 7.61. The Balaban J connectivity index is 1.28. The molecular formula is C58H61BN2O. The van der Waals surface area contributed by atoms with E-state index in [9.17, 15) is 0 Å². The van der Waals surface area contributed by atoms with Gasteiger partial charge in [-0.15, -0.1) is 0 Å². The Bertz CT molecular complexity index is 2980. The molecule has 7 aromatic rings. The molecule has 0 saturated heterocycles. The summed E-state index contributed by atoms with van der Waals surface area (Å²) in [5, 5.41) is 1.21. The highest BCUT2D eigenvalue weighted by molar-refractivity contribution is 7.00. The molecule has 2 aliphatic carbocycles. The lowest BCUT2D eigenvalue weighted by atomic mass is 9.35. The van der Waals surface area contributed by atoms with Crippen LogP contribution >= 0.6 is 0 Å². The summed E-state index contributed by atoms with van der Waals surface area (Å²) in [5.74, 6) is 0. The van der Waals surface area contributed by atoms with Gasteiger partial charge in [0.2, 0.25) is 0 Å². The first kappa shape index (κ1) is 39.4. The number of nitrogens with zero attached hydrogens (tertiary/aromatic N) is 2. The third-order valence-corrected chi connectivity index (χ3v) is 15.5. The molecule has 62 heavy (non-hydrogen) atoms. The van der Waals surface area contributed by atoms with E-state index >= 15 is 0 Å². The molecule has 1 aromatic heterocycles. The fourth-order valence-electron chi connectivity index (χ4n) is 11.8. The smallest absolute Gasteiger partial charge is 0.297 e. The SMILES string of the molecule is Cc1ccc(-c2ccccc2)c(N2c3cc(C)cc4c3B(c3cc5c(cc3N4c3ccc(C(C)(C)C)cc3)CCCC5(C)C)c3oc4cc5c(cc4c32)C(C)(C)CCC5(C)C)c1. The highest BCUT2D eigenvalue weighted by Crippen LogP contribution is 2.53. The topological polar surface area (TPSA) is 19.6 Å². The minimum absolute atomic E-state index is 0.0496. The number of hydrogen-bond acceptors (Lipinski definition) is 3. The van der Waals surface area contributed by atoms with Gasteiger partial charge in [0.05, 0.1) is 17.0 Å². The van der Waals surface area contributed by atoms with Gasteiger partial charge in [-0.05, 0) is 172 Å². The fourth-order valence-corrected chi connectivity index (χ4v) is 11.8. The van der Waals surface area contributed by atoms with E-state index in [1.807, 2.05) is 0 Å². The van der Waals surface area contributed by atoms with Gasteiger partial charge in [0.25, 0.3) is 6.71 Å². The zero-order chi connectivity index (χ0) is 43.2. The van der Waals surface area contributed by atoms with Crippen molar-refractivity contribution in [2.75, 3.05) is 9.80 Å². The minimum Gasteiger partial charge on any atom is -0.468 e. The average molecular weight is 813 g/mol. The van der Waals surface area contributed by atoms with Gasteiger partial charge >= 0.3 is 0 Å². The van der Waals surface area contributed by atoms with Crippen LogP contribution in [0.25, 0.3) is 22.1 Å². The molecule has 0 saturated carbocycles. The van der Waals surface area contributed by atoms with Crippen LogP contribution in [0, 0.1) is 13.8 Å². The quantitative estimate of drug-likeness (QED) is 0.166. The second-order valence-corrected chi connectivity index (χ2v) is 22.3. The Kier molecular flexibility index (Phi) is 8.43. The van der Waals surface area contributed by atoms with E-state index in [0.717, 1.165) is 30.5 Å². The first-order chi connectivity index (χ1) is 29.4. The molecule has 4 heteroatoms. The van der Waals surface area contributed by atoms with Gasteiger partial charge in [-0.3, -0.25) is 0 Å². The molecule has 0 atom stereocenters. The van der Waals surface area contributed by atoms with Crippen LogP contribution in [0.4, 0.5) is 34.1 Å². The van der Waals surface area contributed by atoms with Crippen LogP contribution in [-0.4, -0.2) is 6.71 Å². The lowest BCUT2D eigenvalue weighted by Gasteiger charge is -2.44. The van der Waals surface area contributed by atoms with Gasteiger partial charge in [-0.25, -0.2) is 0 Å². The number of furan rings is 1. The summed E-state index contributed by atoms with van der Waals surface area (Å²) in [5.41, 5.74) is 24.4. The Morgan fingerprint density at radius 1 is 0.597 bits per heavy atom. The van der Waals surface area contributed by atoms with Crippen LogP contribution in [0.1, 0.15) is 127 Å². The van der Waals surface area contributed by atoms with E-state index in [4.69, 9.17) is 4.42 Å². The van der Waals surface area contributed by atoms with Crippen molar-refractivity contribution in [3.05, 3.63) is 148 Å². The van der Waals surface area contributed by atoms with E-state index in [2.05, 4.69) is 195 Å². The second kappa shape index (κ2) is 13.3. The average Bonchev–Trinajstić information content (AvgIpc) is 3.60. The Hall–Kier alpha value is -5.48. The molecule has 4 aliphatic rings. The number of hydrogen-bond donors (Lipinski definition) is 0. The molecule has 0 unspecified atom stereocenters. The summed E-state index contributed by atoms with van der Waals surface area (Å²) in [6.07, 6.45) is 5.83. The summed E-state index contributed by atoms with van der Waals surface area (Å²) in [6.45, 7) is 26.0. The highest BCUT2D eigenvalue weighted by atomic mass is 16.3. The standard InChI is InChI=1S/C58H61BN2O/c1-35-19-24-41(37-16-13-12-14-17-37)47(28-35)61-50-30-36(2)29-49-52(50)59(54-53(61)42-32-44-45(34-51(42)62-54)58(10,11)27-26-57(44,8)9)46-33-43-38(18-15-25-56(43,6)7)31-48(46)60(49)40-22-20-39(21-23-40)55(3,4)5/h12-14,16-17,19-24,28-34H,15,18,25-27H2,1-11H3. The van der Waals surface area contributed by atoms with Crippen molar-refractivity contribution in [2.45, 2.75) is 130 Å². The molecule has 0 radical (unpaired) electrons. The molecule has 0 amide bonds. The fraction of sp³-hybridized carbons (Fsp3) is 0.345. The number of benzene rings is 6. The lowest BCUT2D eigenvalue weighted by Crippen LogP contribution is -2.61. The molecule has 0 bridgehead atoms. The minimum atomic E-state index is -0.0922. The third-order valence-electron chi connectivity index (χ3n) is 15.5. The molecule has 312 valence electrons. The molecule has 11 rings (SSSR count). The Morgan fingerprint density at radius 3 is 1.94 bits per heavy atom. The van der Waals surface area contributed by atoms with Crippen molar-refractivity contribution in [1.29, 1.82) is 0 Å². The summed E-state index contributed by atoms with van der Waals surface area (Å²) < 4.78 is 7.61. The van der Waals surface area contributed by atoms with Crippen LogP contribution in [0.3, 0.4) is 0 Å². The zero-order valence-electron chi connectivity index (χ0n) is 38.8. The monoisotopic (exact) mass is 812 g/mol. The van der Waals surface area contributed by atoms with Crippen molar-refractivity contribution in [3.63, 3.8) is 0 Å². The van der Waals surface area contributed by atoms with E-state index in [-0.39, 0.29) is 28.4 Å². The predicted molar refractivity (Wildman–Crippen MR) is 265 cm³/mol. The number of rotatable bonds is 3. The summed E-state index contributed by atoms with van der Waals surface area (Å²) >= 11 is 0. The molecule has 0 N–H and O–H groups in total. The van der Waals surface area contributed by atoms with Gasteiger partial charge in [-0.2, -0.15) is 0 Å². The molecule has 3 heterocycles. The third kappa shape index (κ3) is 5.84. The van der Waals surface area contributed by atoms with Crippen LogP contribution in [0.5, 0.6) is 0 Å². The highest BCUT2D eigenvalue weighted by Gasteiger charge is 2.49. The van der Waals surface area contributed by atoms with Gasteiger partial charge in [0.15, 0.2) is 0 Å². The normalized spacial score (nSPS) is 17.9. The number of anilines is 6. The van der Waals surface area contributed by atoms with E-state index in [1.54, 1.807) is 0 Å². The predicted octanol–water partition coefficient (Wildman–Crippen LogP) is 14.1. The number of fused-ring (bicyclic) bond motifs is 8. The van der Waals surface area contributed by atoms with E-state index in [0.29, 0.717) is 0 Å². The van der Waals surface area contributed by atoms with Gasteiger partial charge in [-0.1, -0.05) is 123 Å². The molecule has 3 nitrogen and oxygen atoms in total. The second-order valence-electron chi connectivity index (χ2n) is 22.3. The van der Waals surface area contributed by atoms with Crippen LogP contribution in [-0.2, 0) is 28.1 Å². The lowest BCUT2D eigenvalue weighted by molar-refractivity contribution is 0.332. The molecular weight excluding hydrogens is 751 g/mol. The van der Waals surface area contributed by atoms with Crippen LogP contribution in [0.15, 0.2) is 114 Å². The van der Waals surface area contributed by atoms with Gasteiger partial charge in [0.1, 0.15) is 5.58 Å². The maximum Gasteiger partial charge on any atom is 0.297 e. The Labute approximate surface area is 370 Å². The molecule has 6 aromatic carbocycles. The van der Waals surface area contributed by atoms with Gasteiger partial charge < -0.3 is 14.2 Å². The largest absolute Gasteiger partial charge is 0.468 e. The first-order valence-corrected chi connectivity index (χ1v) is 23.2. The van der Waals surface area contributed by atoms with Crippen molar-refractivity contribution in [3.8, 4) is 11.1 Å². The molecule has 2 aliphatic heterocycles. The molecule has 0 fully saturated rings. The maximum absolute atomic E-state index is 7.61. The summed E-state index contributed by atoms with van der Waals surface area (Å²) in [7, 11) is 0. The van der Waals surface area contributed by atoms with Crippen LogP contribution < -0.4 is 26.4 Å². The van der Waals surface area contributed by atoms with Crippen molar-refractivity contribution < 1.29 is 4.42 Å². The summed E-state index contributed by atoms with van der Waals surface area (Å²) in [6, 6.07) is 42.4. The van der Waals surface area contributed by atoms with E-state index < -0.39 is 0 Å². The Morgan fingerprint density at radius 2 is 1.24 bits per heavy atom. The van der Waals surface area contributed by atoms with Crippen molar-refractivity contribution in [2.24, 2.45) is 0 Å². The van der Waals surface area contributed by atoms with Crippen molar-refractivity contribution >= 4 is 68.4 Å². The first-order valence-electron chi connectivity index (χ1n) is 23.2. The van der Waals surface area contributed by atoms with Crippen molar-refractivity contribution in [1.82, 2.24) is 0 Å². The van der Waals surface area contributed by atoms with Gasteiger partial charge in [0, 0.05) is 33.7 Å². The zero-order valence-corrected chi connectivity index (χ0v) is 38.8. The van der Waals surface area contributed by atoms with E-state index in [1.165, 1.54) is 113 Å². The number of aryl methyl sites for hydroxylation is 3. The summed E-state index contributed by atoms with van der Waals surface area (Å²) in [4.78, 5) is 5.20.